The van der Waals surface area contributed by atoms with Crippen LogP contribution in [0.1, 0.15) is 42.5 Å². The van der Waals surface area contributed by atoms with Gasteiger partial charge in [-0.25, -0.2) is 9.78 Å². The number of carbonyl (C=O) groups is 1. The molecule has 24 heavy (non-hydrogen) atoms. The minimum absolute atomic E-state index is 0.0739. The molecule has 1 saturated heterocycles. The van der Waals surface area contributed by atoms with Crippen molar-refractivity contribution in [2.75, 3.05) is 18.8 Å². The monoisotopic (exact) mass is 342 g/mol. The van der Waals surface area contributed by atoms with Crippen molar-refractivity contribution in [2.24, 2.45) is 0 Å². The number of benzene rings is 1. The number of nitrogens with zero attached hydrogens (tertiary/aromatic N) is 2. The van der Waals surface area contributed by atoms with Crippen LogP contribution in [0.15, 0.2) is 41.7 Å². The van der Waals surface area contributed by atoms with Crippen molar-refractivity contribution in [1.29, 1.82) is 0 Å². The Balaban J connectivity index is 1.36. The van der Waals surface area contributed by atoms with E-state index in [0.717, 1.165) is 38.1 Å². The number of fused-ring (bicyclic) bond motifs is 1. The van der Waals surface area contributed by atoms with Crippen LogP contribution in [0.2, 0.25) is 0 Å². The number of urea groups is 1. The number of thioether (sulfide) groups is 1. The molecule has 1 fully saturated rings. The lowest BCUT2D eigenvalue weighted by atomic mass is 9.94. The number of imidazole rings is 1. The van der Waals surface area contributed by atoms with E-state index < -0.39 is 0 Å². The zero-order valence-corrected chi connectivity index (χ0v) is 14.4. The zero-order valence-electron chi connectivity index (χ0n) is 13.6. The second kappa shape index (κ2) is 6.89. The maximum absolute atomic E-state index is 12.7. The average Bonchev–Trinajstić information content (AvgIpc) is 3.17. The molecule has 1 aromatic heterocycles. The van der Waals surface area contributed by atoms with Gasteiger partial charge in [-0.15, -0.1) is 11.8 Å². The third kappa shape index (κ3) is 3.15. The molecule has 0 radical (unpaired) electrons. The Labute approximate surface area is 146 Å². The zero-order chi connectivity index (χ0) is 16.4. The molecular formula is C18H22N4OS. The molecular weight excluding hydrogens is 320 g/mol. The molecule has 0 saturated carbocycles. The van der Waals surface area contributed by atoms with E-state index in [-0.39, 0.29) is 12.1 Å². The molecule has 2 aliphatic heterocycles. The van der Waals surface area contributed by atoms with Gasteiger partial charge >= 0.3 is 6.03 Å². The number of piperidine rings is 1. The molecule has 2 N–H and O–H groups in total. The van der Waals surface area contributed by atoms with Gasteiger partial charge in [0.05, 0.1) is 12.4 Å². The highest BCUT2D eigenvalue weighted by molar-refractivity contribution is 7.99. The number of nitrogens with one attached hydrogen (secondary N) is 2. The van der Waals surface area contributed by atoms with E-state index in [1.807, 2.05) is 22.9 Å². The van der Waals surface area contributed by atoms with Crippen LogP contribution in [-0.4, -0.2) is 39.7 Å². The van der Waals surface area contributed by atoms with Crippen molar-refractivity contribution < 1.29 is 4.79 Å². The van der Waals surface area contributed by atoms with Gasteiger partial charge in [0.25, 0.3) is 0 Å². The van der Waals surface area contributed by atoms with Gasteiger partial charge in [0.2, 0.25) is 0 Å². The lowest BCUT2D eigenvalue weighted by Crippen LogP contribution is -2.45. The standard InChI is InChI=1S/C18H22N4OS/c23-18(21-15-7-10-24-17-4-2-1-3-14(15)17)22-8-5-13(6-9-22)16-11-19-12-20-16/h1-4,11-13,15H,5-10H2,(H,19,20)(H,21,23)/t15-/m1/s1. The molecule has 126 valence electrons. The summed E-state index contributed by atoms with van der Waals surface area (Å²) in [5, 5.41) is 3.25. The van der Waals surface area contributed by atoms with Crippen LogP contribution in [0.4, 0.5) is 4.79 Å². The van der Waals surface area contributed by atoms with Gasteiger partial charge in [0.1, 0.15) is 0 Å². The molecule has 2 amide bonds. The van der Waals surface area contributed by atoms with Gasteiger partial charge in [-0.3, -0.25) is 0 Å². The fourth-order valence-electron chi connectivity index (χ4n) is 3.62. The number of aromatic amines is 1. The Morgan fingerprint density at radius 1 is 1.25 bits per heavy atom. The third-order valence-corrected chi connectivity index (χ3v) is 6.12. The number of rotatable bonds is 2. The van der Waals surface area contributed by atoms with Crippen molar-refractivity contribution in [2.45, 2.75) is 36.1 Å². The maximum Gasteiger partial charge on any atom is 0.317 e. The van der Waals surface area contributed by atoms with Crippen LogP contribution in [0.3, 0.4) is 0 Å². The van der Waals surface area contributed by atoms with Crippen LogP contribution >= 0.6 is 11.8 Å². The average molecular weight is 342 g/mol. The molecule has 4 rings (SSSR count). The second-order valence-electron chi connectivity index (χ2n) is 6.45. The summed E-state index contributed by atoms with van der Waals surface area (Å²) in [4.78, 5) is 23.2. The van der Waals surface area contributed by atoms with Crippen molar-refractivity contribution in [3.8, 4) is 0 Å². The Morgan fingerprint density at radius 2 is 2.08 bits per heavy atom. The summed E-state index contributed by atoms with van der Waals surface area (Å²) in [6, 6.07) is 8.62. The molecule has 6 heteroatoms. The molecule has 5 nitrogen and oxygen atoms in total. The largest absolute Gasteiger partial charge is 0.348 e. The first-order chi connectivity index (χ1) is 11.8. The minimum Gasteiger partial charge on any atom is -0.348 e. The molecule has 0 spiro atoms. The van der Waals surface area contributed by atoms with Crippen LogP contribution in [0, 0.1) is 0 Å². The van der Waals surface area contributed by atoms with Gasteiger partial charge in [-0.1, -0.05) is 18.2 Å². The number of hydrogen-bond donors (Lipinski definition) is 2. The summed E-state index contributed by atoms with van der Waals surface area (Å²) in [6.07, 6.45) is 6.61. The van der Waals surface area contributed by atoms with Crippen molar-refractivity contribution in [3.05, 3.63) is 48.0 Å². The van der Waals surface area contributed by atoms with E-state index in [4.69, 9.17) is 0 Å². The minimum atomic E-state index is 0.0739. The molecule has 0 unspecified atom stereocenters. The Kier molecular flexibility index (Phi) is 4.47. The number of likely N-dealkylation sites (tertiary alicyclic amines) is 1. The SMILES string of the molecule is O=C(N[C@@H]1CCSc2ccccc21)N1CCC(c2cnc[nH]2)CC1. The number of carbonyl (C=O) groups excluding carboxylic acids is 1. The highest BCUT2D eigenvalue weighted by atomic mass is 32.2. The summed E-state index contributed by atoms with van der Waals surface area (Å²) >= 11 is 1.88. The maximum atomic E-state index is 12.7. The van der Waals surface area contributed by atoms with E-state index in [0.29, 0.717) is 5.92 Å². The van der Waals surface area contributed by atoms with Crippen LogP contribution in [0.5, 0.6) is 0 Å². The fourth-order valence-corrected chi connectivity index (χ4v) is 4.74. The van der Waals surface area contributed by atoms with Crippen LogP contribution < -0.4 is 5.32 Å². The highest BCUT2D eigenvalue weighted by Crippen LogP contribution is 2.36. The van der Waals surface area contributed by atoms with Crippen molar-refractivity contribution in [1.82, 2.24) is 20.2 Å². The third-order valence-electron chi connectivity index (χ3n) is 5.00. The molecule has 0 bridgehead atoms. The van der Waals surface area contributed by atoms with E-state index >= 15 is 0 Å². The predicted molar refractivity (Wildman–Crippen MR) is 95.2 cm³/mol. The number of amides is 2. The summed E-state index contributed by atoms with van der Waals surface area (Å²) < 4.78 is 0. The normalized spacial score (nSPS) is 21.3. The summed E-state index contributed by atoms with van der Waals surface area (Å²) in [5.41, 5.74) is 2.45. The predicted octanol–water partition coefficient (Wildman–Crippen LogP) is 3.54. The Bertz CT molecular complexity index is 695. The number of H-pyrrole nitrogens is 1. The molecule has 2 aromatic rings. The van der Waals surface area contributed by atoms with Gasteiger partial charge in [-0.2, -0.15) is 0 Å². The fraction of sp³-hybridized carbons (Fsp3) is 0.444. The van der Waals surface area contributed by atoms with Crippen molar-refractivity contribution >= 4 is 17.8 Å². The lowest BCUT2D eigenvalue weighted by molar-refractivity contribution is 0.176. The number of aromatic nitrogens is 2. The van der Waals surface area contributed by atoms with E-state index in [9.17, 15) is 4.79 Å². The molecule has 0 aliphatic carbocycles. The van der Waals surface area contributed by atoms with E-state index in [2.05, 4.69) is 39.6 Å². The first-order valence-electron chi connectivity index (χ1n) is 8.56. The summed E-state index contributed by atoms with van der Waals surface area (Å²) in [5.74, 6) is 1.55. The summed E-state index contributed by atoms with van der Waals surface area (Å²) in [7, 11) is 0. The second-order valence-corrected chi connectivity index (χ2v) is 7.58. The van der Waals surface area contributed by atoms with Gasteiger partial charge in [0, 0.05) is 41.5 Å². The van der Waals surface area contributed by atoms with Crippen molar-refractivity contribution in [3.63, 3.8) is 0 Å². The van der Waals surface area contributed by atoms with Crippen LogP contribution in [-0.2, 0) is 0 Å². The molecule has 1 aromatic carbocycles. The molecule has 2 aliphatic rings. The highest BCUT2D eigenvalue weighted by Gasteiger charge is 2.27. The number of hydrogen-bond acceptors (Lipinski definition) is 3. The first-order valence-corrected chi connectivity index (χ1v) is 9.55. The van der Waals surface area contributed by atoms with E-state index in [1.165, 1.54) is 16.2 Å². The van der Waals surface area contributed by atoms with Crippen LogP contribution in [0.25, 0.3) is 0 Å². The Morgan fingerprint density at radius 3 is 2.88 bits per heavy atom. The quantitative estimate of drug-likeness (QED) is 0.877. The first kappa shape index (κ1) is 15.6. The van der Waals surface area contributed by atoms with Gasteiger partial charge in [0.15, 0.2) is 0 Å². The lowest BCUT2D eigenvalue weighted by Gasteiger charge is -2.34. The molecule has 1 atom stereocenters. The van der Waals surface area contributed by atoms with E-state index in [1.54, 1.807) is 6.33 Å². The molecule has 3 heterocycles. The topological polar surface area (TPSA) is 61.0 Å². The van der Waals surface area contributed by atoms with Gasteiger partial charge < -0.3 is 15.2 Å². The smallest absolute Gasteiger partial charge is 0.317 e. The summed E-state index contributed by atoms with van der Waals surface area (Å²) in [6.45, 7) is 1.61. The van der Waals surface area contributed by atoms with Gasteiger partial charge in [-0.05, 0) is 30.9 Å². The Hall–Kier alpha value is -1.95.